The van der Waals surface area contributed by atoms with E-state index in [1.165, 1.54) is 0 Å². The quantitative estimate of drug-likeness (QED) is 0.649. The predicted molar refractivity (Wildman–Crippen MR) is 53.7 cm³/mol. The van der Waals surface area contributed by atoms with Gasteiger partial charge in [-0.05, 0) is 0 Å². The van der Waals surface area contributed by atoms with Crippen molar-refractivity contribution in [3.8, 4) is 0 Å². The third-order valence-electron chi connectivity index (χ3n) is 1.78. The lowest BCUT2D eigenvalue weighted by atomic mass is 10.7. The van der Waals surface area contributed by atoms with Crippen LogP contribution in [0, 0.1) is 0 Å². The number of aliphatic carboxylic acids is 1. The summed E-state index contributed by atoms with van der Waals surface area (Å²) in [6.45, 7) is 1.37. The number of hydrogen-bond donors (Lipinski definition) is 1. The number of hydrogen-bond acceptors (Lipinski definition) is 6. The van der Waals surface area contributed by atoms with Crippen LogP contribution in [0.5, 0.6) is 0 Å². The monoisotopic (exact) mass is 307 g/mol. The zero-order valence-corrected chi connectivity index (χ0v) is 10.8. The van der Waals surface area contributed by atoms with E-state index in [1.807, 2.05) is 0 Å². The van der Waals surface area contributed by atoms with Gasteiger partial charge in [0.15, 0.2) is 14.1 Å². The summed E-state index contributed by atoms with van der Waals surface area (Å²) < 4.78 is 69.0. The Morgan fingerprint density at radius 3 is 1.89 bits per heavy atom. The Morgan fingerprint density at radius 2 is 1.67 bits per heavy atom. The number of halogens is 2. The Morgan fingerprint density at radius 1 is 1.28 bits per heavy atom. The summed E-state index contributed by atoms with van der Waals surface area (Å²) in [5.74, 6) is -5.66. The van der Waals surface area contributed by atoms with Crippen molar-refractivity contribution in [1.29, 1.82) is 0 Å². The molecule has 0 amide bonds. The van der Waals surface area contributed by atoms with Crippen LogP contribution < -0.4 is 5.11 Å². The van der Waals surface area contributed by atoms with Crippen molar-refractivity contribution in [3.63, 3.8) is 0 Å². The van der Waals surface area contributed by atoms with Gasteiger partial charge >= 0.3 is 11.2 Å². The van der Waals surface area contributed by atoms with Crippen molar-refractivity contribution in [2.75, 3.05) is 5.75 Å². The molecule has 0 aromatic heterocycles. The number of sulfone groups is 2. The van der Waals surface area contributed by atoms with Crippen molar-refractivity contribution in [2.24, 2.45) is 0 Å². The molecular weight excluding hydrogens is 298 g/mol. The molecule has 0 unspecified atom stereocenters. The standard InChI is InChI=1S/C7H10F2O7S2/c1-3-17(13,14)5(4(2)10)18(15,16)7(8,9)6(11)12/h10H,3H2,1-2H3,(H,11,12)/p-1/b5-4-. The maximum atomic E-state index is 13.0. The van der Waals surface area contributed by atoms with Crippen LogP contribution in [-0.2, 0) is 24.5 Å². The maximum Gasteiger partial charge on any atom is 0.445 e. The Kier molecular flexibility index (Phi) is 4.47. The van der Waals surface area contributed by atoms with Crippen LogP contribution in [-0.4, -0.2) is 38.9 Å². The zero-order chi connectivity index (χ0) is 14.9. The van der Waals surface area contributed by atoms with Crippen LogP contribution in [0.2, 0.25) is 0 Å². The molecule has 0 saturated heterocycles. The van der Waals surface area contributed by atoms with Gasteiger partial charge in [-0.2, -0.15) is 8.78 Å². The third-order valence-corrected chi connectivity index (χ3v) is 6.44. The van der Waals surface area contributed by atoms with Crippen molar-refractivity contribution in [3.05, 3.63) is 10.00 Å². The molecule has 0 heterocycles. The largest absolute Gasteiger partial charge is 0.874 e. The fourth-order valence-corrected chi connectivity index (χ4v) is 4.48. The molecule has 106 valence electrons. The number of alkyl halides is 2. The first-order valence-corrected chi connectivity index (χ1v) is 7.42. The van der Waals surface area contributed by atoms with E-state index in [2.05, 4.69) is 0 Å². The van der Waals surface area contributed by atoms with E-state index in [-0.39, 0.29) is 0 Å². The Bertz CT molecular complexity index is 581. The summed E-state index contributed by atoms with van der Waals surface area (Å²) in [7, 11) is -10.9. The van der Waals surface area contributed by atoms with Crippen LogP contribution in [0.3, 0.4) is 0 Å². The second-order valence-corrected chi connectivity index (χ2v) is 7.47. The normalized spacial score (nSPS) is 15.1. The average molecular weight is 307 g/mol. The van der Waals surface area contributed by atoms with Gasteiger partial charge in [0, 0.05) is 0 Å². The highest BCUT2D eigenvalue weighted by molar-refractivity contribution is 8.15. The van der Waals surface area contributed by atoms with Crippen LogP contribution >= 0.6 is 0 Å². The van der Waals surface area contributed by atoms with Gasteiger partial charge in [-0.1, -0.05) is 13.8 Å². The highest BCUT2D eigenvalue weighted by Crippen LogP contribution is 2.32. The lowest BCUT2D eigenvalue weighted by molar-refractivity contribution is -0.301. The lowest BCUT2D eigenvalue weighted by Gasteiger charge is -2.19. The Hall–Kier alpha value is -1.23. The fraction of sp³-hybridized carbons (Fsp3) is 0.571. The number of carboxylic acids is 1. The van der Waals surface area contributed by atoms with Crippen molar-refractivity contribution >= 4 is 25.6 Å². The number of allylic oxidation sites excluding steroid dienone is 1. The van der Waals surface area contributed by atoms with Crippen molar-refractivity contribution in [2.45, 2.75) is 19.1 Å². The SMILES string of the molecule is CCS(=O)(=O)/C(=C(\C)[O-])S(=O)(=O)C(F)(F)C(=O)O. The van der Waals surface area contributed by atoms with Crippen LogP contribution in [0.1, 0.15) is 13.8 Å². The molecule has 0 fully saturated rings. The minimum Gasteiger partial charge on any atom is -0.874 e. The van der Waals surface area contributed by atoms with Gasteiger partial charge in [0.25, 0.3) is 9.84 Å². The highest BCUT2D eigenvalue weighted by atomic mass is 32.3. The van der Waals surface area contributed by atoms with Crippen LogP contribution in [0.15, 0.2) is 10.00 Å². The van der Waals surface area contributed by atoms with E-state index in [0.29, 0.717) is 6.92 Å². The first kappa shape index (κ1) is 16.8. The summed E-state index contributed by atoms with van der Waals surface area (Å²) in [4.78, 5) is 10.2. The Balaban J connectivity index is 6.38. The first-order chi connectivity index (χ1) is 7.82. The van der Waals surface area contributed by atoms with E-state index in [1.54, 1.807) is 0 Å². The smallest absolute Gasteiger partial charge is 0.445 e. The van der Waals surface area contributed by atoms with Gasteiger partial charge in [0.2, 0.25) is 0 Å². The van der Waals surface area contributed by atoms with E-state index in [9.17, 15) is 35.5 Å². The second-order valence-electron chi connectivity index (χ2n) is 3.07. The fourth-order valence-electron chi connectivity index (χ4n) is 0.938. The highest BCUT2D eigenvalue weighted by Gasteiger charge is 2.57. The topological polar surface area (TPSA) is 129 Å². The summed E-state index contributed by atoms with van der Waals surface area (Å²) in [6, 6.07) is 0. The average Bonchev–Trinajstić information content (AvgIpc) is 2.15. The summed E-state index contributed by atoms with van der Waals surface area (Å²) in [5, 5.41) is 13.6. The van der Waals surface area contributed by atoms with Crippen LogP contribution in [0.25, 0.3) is 0 Å². The zero-order valence-electron chi connectivity index (χ0n) is 9.18. The molecule has 7 nitrogen and oxygen atoms in total. The first-order valence-electron chi connectivity index (χ1n) is 4.28. The van der Waals surface area contributed by atoms with E-state index in [0.717, 1.165) is 6.92 Å². The van der Waals surface area contributed by atoms with Gasteiger partial charge in [0.1, 0.15) is 0 Å². The minimum absolute atomic E-state index is 0.442. The van der Waals surface area contributed by atoms with Gasteiger partial charge in [-0.3, -0.25) is 0 Å². The summed E-state index contributed by atoms with van der Waals surface area (Å²) >= 11 is 0. The number of carbonyl (C=O) groups is 1. The summed E-state index contributed by atoms with van der Waals surface area (Å²) in [6.07, 6.45) is 0. The molecular formula is C7H9F2O7S2-. The third kappa shape index (κ3) is 2.61. The molecule has 11 heteroatoms. The summed E-state index contributed by atoms with van der Waals surface area (Å²) in [5.41, 5.74) is 0. The number of carboxylic acid groups (broad SMARTS) is 1. The van der Waals surface area contributed by atoms with E-state index >= 15 is 0 Å². The van der Waals surface area contributed by atoms with Crippen molar-refractivity contribution in [1.82, 2.24) is 0 Å². The molecule has 0 spiro atoms. The molecule has 0 saturated carbocycles. The molecule has 0 bridgehead atoms. The minimum atomic E-state index is -6.12. The molecule has 0 aliphatic rings. The molecule has 0 aromatic rings. The maximum absolute atomic E-state index is 13.0. The lowest BCUT2D eigenvalue weighted by Crippen LogP contribution is -2.41. The van der Waals surface area contributed by atoms with Gasteiger partial charge in [-0.15, -0.1) is 5.76 Å². The molecule has 18 heavy (non-hydrogen) atoms. The molecule has 0 aliphatic carbocycles. The molecule has 0 atom stereocenters. The molecule has 0 radical (unpaired) electrons. The van der Waals surface area contributed by atoms with Gasteiger partial charge in [-0.25, -0.2) is 21.6 Å². The van der Waals surface area contributed by atoms with Crippen LogP contribution in [0.4, 0.5) is 8.78 Å². The van der Waals surface area contributed by atoms with E-state index < -0.39 is 46.6 Å². The Labute approximate surface area is 102 Å². The van der Waals surface area contributed by atoms with Crippen molar-refractivity contribution < 1.29 is 40.6 Å². The molecule has 0 rings (SSSR count). The molecule has 1 N–H and O–H groups in total. The number of rotatable bonds is 5. The molecule has 0 aliphatic heterocycles. The predicted octanol–water partition coefficient (Wildman–Crippen LogP) is -0.937. The van der Waals surface area contributed by atoms with E-state index in [4.69, 9.17) is 5.11 Å². The second kappa shape index (κ2) is 4.80. The molecule has 0 aromatic carbocycles. The van der Waals surface area contributed by atoms with Gasteiger partial charge < -0.3 is 10.2 Å². The van der Waals surface area contributed by atoms with Gasteiger partial charge in [0.05, 0.1) is 5.75 Å².